The van der Waals surface area contributed by atoms with E-state index in [1.165, 1.54) is 4.40 Å². The number of carbonyl (C=O) groups excluding carboxylic acids is 1. The van der Waals surface area contributed by atoms with E-state index in [1.54, 1.807) is 30.6 Å². The summed E-state index contributed by atoms with van der Waals surface area (Å²) in [7, 11) is 0. The summed E-state index contributed by atoms with van der Waals surface area (Å²) in [5.41, 5.74) is 1.47. The van der Waals surface area contributed by atoms with Gasteiger partial charge in [0.15, 0.2) is 5.65 Å². The van der Waals surface area contributed by atoms with Crippen molar-refractivity contribution < 1.29 is 4.79 Å². The summed E-state index contributed by atoms with van der Waals surface area (Å²) in [6.45, 7) is 0.512. The lowest BCUT2D eigenvalue weighted by Gasteiger charge is -2.05. The average Bonchev–Trinajstić information content (AvgIpc) is 2.62. The second-order valence-corrected chi connectivity index (χ2v) is 5.30. The van der Waals surface area contributed by atoms with Crippen LogP contribution in [0.3, 0.4) is 0 Å². The number of nitrogens with zero attached hydrogens (tertiary/aromatic N) is 4. The van der Waals surface area contributed by atoms with Gasteiger partial charge in [-0.15, -0.1) is 10.2 Å². The maximum Gasteiger partial charge on any atom is 0.279 e. The molecule has 7 heteroatoms. The molecule has 0 aromatic carbocycles. The zero-order valence-electron chi connectivity index (χ0n) is 13.1. The van der Waals surface area contributed by atoms with Gasteiger partial charge in [0.2, 0.25) is 5.91 Å². The molecule has 0 aliphatic carbocycles. The fourth-order valence-electron chi connectivity index (χ4n) is 2.33. The van der Waals surface area contributed by atoms with Gasteiger partial charge in [-0.1, -0.05) is 12.1 Å². The molecule has 0 atom stereocenters. The molecular weight excluding hydrogens is 306 g/mol. The number of aromatic nitrogens is 4. The molecule has 0 saturated heterocycles. The van der Waals surface area contributed by atoms with Crippen LogP contribution in [-0.2, 0) is 17.6 Å². The fourth-order valence-corrected chi connectivity index (χ4v) is 2.33. The van der Waals surface area contributed by atoms with Crippen LogP contribution in [0, 0.1) is 0 Å². The van der Waals surface area contributed by atoms with Crippen LogP contribution in [0.15, 0.2) is 53.6 Å². The smallest absolute Gasteiger partial charge is 0.279 e. The summed E-state index contributed by atoms with van der Waals surface area (Å²) >= 11 is 0. The molecule has 3 aromatic rings. The Morgan fingerprint density at radius 3 is 2.79 bits per heavy atom. The van der Waals surface area contributed by atoms with Gasteiger partial charge in [-0.25, -0.2) is 0 Å². The highest BCUT2D eigenvalue weighted by Crippen LogP contribution is 1.98. The van der Waals surface area contributed by atoms with E-state index >= 15 is 0 Å². The van der Waals surface area contributed by atoms with Crippen LogP contribution >= 0.6 is 0 Å². The van der Waals surface area contributed by atoms with Crippen LogP contribution < -0.4 is 10.9 Å². The van der Waals surface area contributed by atoms with E-state index in [2.05, 4.69) is 20.5 Å². The highest BCUT2D eigenvalue weighted by molar-refractivity contribution is 5.76. The van der Waals surface area contributed by atoms with Crippen molar-refractivity contribution in [3.05, 3.63) is 70.5 Å². The molecule has 24 heavy (non-hydrogen) atoms. The Bertz CT molecular complexity index is 892. The van der Waals surface area contributed by atoms with Crippen LogP contribution in [0.1, 0.15) is 17.8 Å². The molecule has 1 N–H and O–H groups in total. The van der Waals surface area contributed by atoms with E-state index in [0.717, 1.165) is 5.69 Å². The van der Waals surface area contributed by atoms with Crippen LogP contribution in [0.2, 0.25) is 0 Å². The highest BCUT2D eigenvalue weighted by Gasteiger charge is 2.09. The SMILES string of the molecule is O=C(CCc1nnc2ccccn2c1=O)NCCc1ccccn1. The molecule has 0 bridgehead atoms. The summed E-state index contributed by atoms with van der Waals surface area (Å²) < 4.78 is 1.43. The number of pyridine rings is 2. The van der Waals surface area contributed by atoms with Crippen molar-refractivity contribution in [2.24, 2.45) is 0 Å². The third kappa shape index (κ3) is 3.81. The number of carbonyl (C=O) groups is 1. The first-order valence-electron chi connectivity index (χ1n) is 7.73. The standard InChI is InChI=1S/C17H17N5O2/c23-16(19-11-9-13-5-1-3-10-18-13)8-7-14-17(24)22-12-4-2-6-15(22)21-20-14/h1-6,10,12H,7-9,11H2,(H,19,23). The minimum Gasteiger partial charge on any atom is -0.356 e. The molecule has 7 nitrogen and oxygen atoms in total. The lowest BCUT2D eigenvalue weighted by Crippen LogP contribution is -2.28. The molecule has 0 aliphatic heterocycles. The van der Waals surface area contributed by atoms with Gasteiger partial charge in [-0.3, -0.25) is 19.0 Å². The number of aryl methyl sites for hydroxylation is 1. The molecule has 0 unspecified atom stereocenters. The number of hydrogen-bond acceptors (Lipinski definition) is 5. The molecule has 3 aromatic heterocycles. The first kappa shape index (κ1) is 15.8. The number of nitrogens with one attached hydrogen (secondary N) is 1. The number of amides is 1. The number of rotatable bonds is 6. The Balaban J connectivity index is 1.53. The molecule has 1 amide bonds. The molecule has 0 radical (unpaired) electrons. The van der Waals surface area contributed by atoms with Crippen LogP contribution in [-0.4, -0.2) is 32.0 Å². The summed E-state index contributed by atoms with van der Waals surface area (Å²) in [6.07, 6.45) is 4.50. The van der Waals surface area contributed by atoms with Crippen molar-refractivity contribution in [1.82, 2.24) is 24.9 Å². The van der Waals surface area contributed by atoms with Gasteiger partial charge < -0.3 is 5.32 Å². The van der Waals surface area contributed by atoms with Crippen molar-refractivity contribution in [3.63, 3.8) is 0 Å². The quantitative estimate of drug-likeness (QED) is 0.724. The van der Waals surface area contributed by atoms with E-state index in [4.69, 9.17) is 0 Å². The number of hydrogen-bond donors (Lipinski definition) is 1. The average molecular weight is 323 g/mol. The highest BCUT2D eigenvalue weighted by atomic mass is 16.1. The largest absolute Gasteiger partial charge is 0.356 e. The van der Waals surface area contributed by atoms with E-state index in [-0.39, 0.29) is 24.3 Å². The lowest BCUT2D eigenvalue weighted by atomic mass is 10.2. The van der Waals surface area contributed by atoms with Crippen molar-refractivity contribution in [2.75, 3.05) is 6.54 Å². The summed E-state index contributed by atoms with van der Waals surface area (Å²) in [5, 5.41) is 10.7. The summed E-state index contributed by atoms with van der Waals surface area (Å²) in [4.78, 5) is 28.3. The third-order valence-corrected chi connectivity index (χ3v) is 3.60. The zero-order chi connectivity index (χ0) is 16.8. The van der Waals surface area contributed by atoms with Crippen LogP contribution in [0.25, 0.3) is 5.65 Å². The molecule has 0 saturated carbocycles. The Morgan fingerprint density at radius 1 is 1.08 bits per heavy atom. The van der Waals surface area contributed by atoms with E-state index in [9.17, 15) is 9.59 Å². The second-order valence-electron chi connectivity index (χ2n) is 5.30. The summed E-state index contributed by atoms with van der Waals surface area (Å²) in [6, 6.07) is 10.9. The van der Waals surface area contributed by atoms with Gasteiger partial charge in [0.05, 0.1) is 0 Å². The zero-order valence-corrected chi connectivity index (χ0v) is 13.1. The molecular formula is C17H17N5O2. The Labute approximate surface area is 138 Å². The fraction of sp³-hybridized carbons (Fsp3) is 0.235. The van der Waals surface area contributed by atoms with Gasteiger partial charge >= 0.3 is 0 Å². The molecule has 0 spiro atoms. The van der Waals surface area contributed by atoms with Gasteiger partial charge in [-0.2, -0.15) is 0 Å². The predicted molar refractivity (Wildman–Crippen MR) is 88.5 cm³/mol. The minimum absolute atomic E-state index is 0.120. The first-order chi connectivity index (χ1) is 11.7. The molecule has 122 valence electrons. The van der Waals surface area contributed by atoms with Crippen molar-refractivity contribution in [1.29, 1.82) is 0 Å². The Morgan fingerprint density at radius 2 is 1.96 bits per heavy atom. The second kappa shape index (κ2) is 7.45. The van der Waals surface area contributed by atoms with Gasteiger partial charge in [0.25, 0.3) is 5.56 Å². The maximum atomic E-state index is 12.3. The third-order valence-electron chi connectivity index (χ3n) is 3.60. The molecule has 3 heterocycles. The maximum absolute atomic E-state index is 12.3. The first-order valence-corrected chi connectivity index (χ1v) is 7.73. The van der Waals surface area contributed by atoms with Crippen LogP contribution in [0.4, 0.5) is 0 Å². The monoisotopic (exact) mass is 323 g/mol. The van der Waals surface area contributed by atoms with Gasteiger partial charge in [-0.05, 0) is 24.3 Å². The van der Waals surface area contributed by atoms with Gasteiger partial charge in [0.1, 0.15) is 5.69 Å². The molecule has 0 aliphatic rings. The van der Waals surface area contributed by atoms with Crippen LogP contribution in [0.5, 0.6) is 0 Å². The van der Waals surface area contributed by atoms with E-state index < -0.39 is 0 Å². The lowest BCUT2D eigenvalue weighted by molar-refractivity contribution is -0.121. The number of fused-ring (bicyclic) bond motifs is 1. The van der Waals surface area contributed by atoms with Gasteiger partial charge in [0, 0.05) is 43.9 Å². The van der Waals surface area contributed by atoms with E-state index in [0.29, 0.717) is 24.3 Å². The van der Waals surface area contributed by atoms with Crippen molar-refractivity contribution in [2.45, 2.75) is 19.3 Å². The molecule has 0 fully saturated rings. The van der Waals surface area contributed by atoms with Crippen molar-refractivity contribution >= 4 is 11.6 Å². The van der Waals surface area contributed by atoms with E-state index in [1.807, 2.05) is 18.2 Å². The topological polar surface area (TPSA) is 89.3 Å². The minimum atomic E-state index is -0.234. The van der Waals surface area contributed by atoms with Crippen molar-refractivity contribution in [3.8, 4) is 0 Å². The summed E-state index contributed by atoms with van der Waals surface area (Å²) in [5.74, 6) is -0.120. The Kier molecular flexibility index (Phi) is 4.90. The normalized spacial score (nSPS) is 10.7. The molecule has 3 rings (SSSR count). The predicted octanol–water partition coefficient (Wildman–Crippen LogP) is 0.776. The Hall–Kier alpha value is -3.09.